The molecule has 0 fully saturated rings. The van der Waals surface area contributed by atoms with Crippen LogP contribution in [0, 0.1) is 0 Å². The van der Waals surface area contributed by atoms with Gasteiger partial charge in [0.25, 0.3) is 0 Å². The summed E-state index contributed by atoms with van der Waals surface area (Å²) < 4.78 is 0. The average molecular weight is 154 g/mol. The molecular weight excluding hydrogens is 136 g/mol. The number of rotatable bonds is 3. The highest BCUT2D eigenvalue weighted by Gasteiger charge is 1.81. The summed E-state index contributed by atoms with van der Waals surface area (Å²) in [6.07, 6.45) is 1.55. The third-order valence-corrected chi connectivity index (χ3v) is 0.627. The van der Waals surface area contributed by atoms with Gasteiger partial charge in [-0.2, -0.15) is 0 Å². The highest BCUT2D eigenvalue weighted by Crippen LogP contribution is 1.86. The smallest absolute Gasteiger partial charge is 0.122 e. The summed E-state index contributed by atoms with van der Waals surface area (Å²) in [7, 11) is 0. The number of nitrogens with zero attached hydrogens (tertiary/aromatic N) is 1. The standard InChI is InChI=1S/C7H12N2.C2H6/c1-5-8-7(4)9-6(2)3;1-2/h5,8H,1,4H2,2-3H3;1-2H3. The van der Waals surface area contributed by atoms with Gasteiger partial charge < -0.3 is 5.32 Å². The van der Waals surface area contributed by atoms with Gasteiger partial charge in [-0.3, -0.25) is 0 Å². The van der Waals surface area contributed by atoms with Crippen molar-refractivity contribution in [2.75, 3.05) is 0 Å². The molecule has 0 saturated carbocycles. The molecule has 0 amide bonds. The molecule has 0 aromatic carbocycles. The fourth-order valence-electron chi connectivity index (χ4n) is 0.420. The molecule has 0 radical (unpaired) electrons. The molecule has 64 valence electrons. The maximum Gasteiger partial charge on any atom is 0.122 e. The Hall–Kier alpha value is -1.05. The Labute approximate surface area is 69.7 Å². The third kappa shape index (κ3) is 12.2. The van der Waals surface area contributed by atoms with Crippen molar-refractivity contribution in [2.45, 2.75) is 27.7 Å². The summed E-state index contributed by atoms with van der Waals surface area (Å²) in [5.41, 5.74) is 0.981. The maximum absolute atomic E-state index is 4.01. The number of hydrogen-bond acceptors (Lipinski definition) is 2. The van der Waals surface area contributed by atoms with Crippen LogP contribution in [0.25, 0.3) is 0 Å². The van der Waals surface area contributed by atoms with Gasteiger partial charge in [-0.05, 0) is 20.0 Å². The Bertz CT molecular complexity index is 142. The molecule has 0 saturated heterocycles. The summed E-state index contributed by atoms with van der Waals surface area (Å²) in [6, 6.07) is 0. The van der Waals surface area contributed by atoms with Crippen LogP contribution in [0.4, 0.5) is 0 Å². The zero-order valence-electron chi connectivity index (χ0n) is 7.94. The highest BCUT2D eigenvalue weighted by atomic mass is 15.0. The second-order valence-corrected chi connectivity index (χ2v) is 1.85. The molecule has 0 aliphatic carbocycles. The summed E-state index contributed by atoms with van der Waals surface area (Å²) >= 11 is 0. The van der Waals surface area contributed by atoms with Crippen molar-refractivity contribution in [3.63, 3.8) is 0 Å². The van der Waals surface area contributed by atoms with Crippen LogP contribution in [-0.4, -0.2) is 5.71 Å². The second kappa shape index (κ2) is 8.95. The van der Waals surface area contributed by atoms with Crippen LogP contribution in [-0.2, 0) is 0 Å². The molecule has 2 nitrogen and oxygen atoms in total. The van der Waals surface area contributed by atoms with Gasteiger partial charge in [-0.25, -0.2) is 4.99 Å². The van der Waals surface area contributed by atoms with Crippen LogP contribution in [0.5, 0.6) is 0 Å². The predicted molar refractivity (Wildman–Crippen MR) is 52.6 cm³/mol. The number of aliphatic imine (C=N–C) groups is 1. The molecular formula is C9H18N2. The normalized spacial score (nSPS) is 6.91. The van der Waals surface area contributed by atoms with E-state index in [2.05, 4.69) is 23.5 Å². The minimum Gasteiger partial charge on any atom is -0.348 e. The van der Waals surface area contributed by atoms with Gasteiger partial charge in [0.05, 0.1) is 0 Å². The van der Waals surface area contributed by atoms with Crippen LogP contribution in [0.1, 0.15) is 27.7 Å². The minimum atomic E-state index is 0.630. The maximum atomic E-state index is 4.01. The lowest BCUT2D eigenvalue weighted by molar-refractivity contribution is 1.04. The zero-order chi connectivity index (χ0) is 9.28. The molecule has 0 aliphatic rings. The van der Waals surface area contributed by atoms with E-state index in [0.717, 1.165) is 5.71 Å². The second-order valence-electron chi connectivity index (χ2n) is 1.85. The molecule has 11 heavy (non-hydrogen) atoms. The molecule has 0 unspecified atom stereocenters. The molecule has 0 rings (SSSR count). The van der Waals surface area contributed by atoms with Crippen LogP contribution >= 0.6 is 0 Å². The Balaban J connectivity index is 0. The highest BCUT2D eigenvalue weighted by molar-refractivity contribution is 5.79. The number of nitrogens with one attached hydrogen (secondary N) is 1. The van der Waals surface area contributed by atoms with Crippen LogP contribution < -0.4 is 5.32 Å². The van der Waals surface area contributed by atoms with E-state index in [1.54, 1.807) is 6.20 Å². The fourth-order valence-corrected chi connectivity index (χ4v) is 0.420. The van der Waals surface area contributed by atoms with Crippen LogP contribution in [0.15, 0.2) is 30.2 Å². The molecule has 0 spiro atoms. The Morgan fingerprint density at radius 1 is 1.36 bits per heavy atom. The van der Waals surface area contributed by atoms with E-state index in [1.165, 1.54) is 0 Å². The van der Waals surface area contributed by atoms with Crippen LogP contribution in [0.2, 0.25) is 0 Å². The van der Waals surface area contributed by atoms with E-state index < -0.39 is 0 Å². The Morgan fingerprint density at radius 2 is 1.82 bits per heavy atom. The molecule has 0 heterocycles. The average Bonchev–Trinajstić information content (AvgIpc) is 1.91. The molecule has 1 N–H and O–H groups in total. The topological polar surface area (TPSA) is 24.4 Å². The molecule has 0 atom stereocenters. The van der Waals surface area contributed by atoms with Crippen molar-refractivity contribution in [1.82, 2.24) is 5.32 Å². The van der Waals surface area contributed by atoms with Gasteiger partial charge in [0.1, 0.15) is 5.82 Å². The van der Waals surface area contributed by atoms with Crippen molar-refractivity contribution in [1.29, 1.82) is 0 Å². The quantitative estimate of drug-likeness (QED) is 0.621. The van der Waals surface area contributed by atoms with E-state index in [1.807, 2.05) is 27.7 Å². The lowest BCUT2D eigenvalue weighted by Crippen LogP contribution is -2.00. The first-order valence-electron chi connectivity index (χ1n) is 3.75. The van der Waals surface area contributed by atoms with Crippen molar-refractivity contribution in [3.05, 3.63) is 25.2 Å². The van der Waals surface area contributed by atoms with Crippen molar-refractivity contribution in [2.24, 2.45) is 4.99 Å². The first kappa shape index (κ1) is 12.6. The SMILES string of the molecule is C=CNC(=C)N=C(C)C.CC. The minimum absolute atomic E-state index is 0.630. The summed E-state index contributed by atoms with van der Waals surface area (Å²) in [5, 5.41) is 2.76. The number of hydrogen-bond donors (Lipinski definition) is 1. The van der Waals surface area contributed by atoms with Crippen molar-refractivity contribution < 1.29 is 0 Å². The lowest BCUT2D eigenvalue weighted by atomic mass is 10.5. The largest absolute Gasteiger partial charge is 0.348 e. The third-order valence-electron chi connectivity index (χ3n) is 0.627. The molecule has 0 aromatic heterocycles. The zero-order valence-corrected chi connectivity index (χ0v) is 7.94. The summed E-state index contributed by atoms with van der Waals surface area (Å²) in [5.74, 6) is 0.630. The molecule has 0 aliphatic heterocycles. The van der Waals surface area contributed by atoms with Gasteiger partial charge in [0.2, 0.25) is 0 Å². The monoisotopic (exact) mass is 154 g/mol. The van der Waals surface area contributed by atoms with E-state index in [-0.39, 0.29) is 0 Å². The van der Waals surface area contributed by atoms with E-state index in [0.29, 0.717) is 5.82 Å². The van der Waals surface area contributed by atoms with Crippen molar-refractivity contribution in [3.8, 4) is 0 Å². The van der Waals surface area contributed by atoms with Crippen molar-refractivity contribution >= 4 is 5.71 Å². The Morgan fingerprint density at radius 3 is 2.09 bits per heavy atom. The fraction of sp³-hybridized carbons (Fsp3) is 0.444. The van der Waals surface area contributed by atoms with Gasteiger partial charge >= 0.3 is 0 Å². The van der Waals surface area contributed by atoms with E-state index in [9.17, 15) is 0 Å². The molecule has 2 heteroatoms. The van der Waals surface area contributed by atoms with E-state index in [4.69, 9.17) is 0 Å². The van der Waals surface area contributed by atoms with Gasteiger partial charge in [-0.15, -0.1) is 0 Å². The van der Waals surface area contributed by atoms with Gasteiger partial charge in [-0.1, -0.05) is 27.0 Å². The lowest BCUT2D eigenvalue weighted by Gasteiger charge is -1.96. The van der Waals surface area contributed by atoms with Gasteiger partial charge in [0, 0.05) is 5.71 Å². The summed E-state index contributed by atoms with van der Waals surface area (Å²) in [6.45, 7) is 14.9. The van der Waals surface area contributed by atoms with Gasteiger partial charge in [0.15, 0.2) is 0 Å². The van der Waals surface area contributed by atoms with E-state index >= 15 is 0 Å². The first-order chi connectivity index (χ1) is 5.16. The van der Waals surface area contributed by atoms with Crippen LogP contribution in [0.3, 0.4) is 0 Å². The molecule has 0 bridgehead atoms. The first-order valence-corrected chi connectivity index (χ1v) is 3.75. The predicted octanol–water partition coefficient (Wildman–Crippen LogP) is 2.70. The molecule has 0 aromatic rings. The summed E-state index contributed by atoms with van der Waals surface area (Å²) in [4.78, 5) is 4.01. The Kier molecular flexibility index (Phi) is 10.3.